The second kappa shape index (κ2) is 11.0. The Kier molecular flexibility index (Phi) is 7.79. The predicted octanol–water partition coefficient (Wildman–Crippen LogP) is 6.51. The number of hydrogen-bond acceptors (Lipinski definition) is 2. The fourth-order valence-electron chi connectivity index (χ4n) is 4.86. The molecule has 3 aromatic carbocycles. The molecular formula is C29H31F3N2O. The molecule has 0 radical (unpaired) electrons. The first-order valence-corrected chi connectivity index (χ1v) is 12.2. The van der Waals surface area contributed by atoms with E-state index >= 15 is 0 Å². The molecule has 1 aliphatic rings. The summed E-state index contributed by atoms with van der Waals surface area (Å²) < 4.78 is 38.7. The maximum atomic E-state index is 13.1. The van der Waals surface area contributed by atoms with Gasteiger partial charge in [0.25, 0.3) is 0 Å². The zero-order valence-corrected chi connectivity index (χ0v) is 19.9. The van der Waals surface area contributed by atoms with Crippen LogP contribution in [0, 0.1) is 0 Å². The summed E-state index contributed by atoms with van der Waals surface area (Å²) in [7, 11) is 1.64. The number of likely N-dealkylation sites (N-methyl/N-ethyl adjacent to an activating group) is 1. The number of hydrogen-bond donors (Lipinski definition) is 1. The SMILES string of the molecule is CNC(=O)[C@H](c1ccccc1)N(CCCc1ccc(C(F)(F)F)cc1)c1ccc2c(c1)CCCC2. The smallest absolute Gasteiger partial charge is 0.357 e. The lowest BCUT2D eigenvalue weighted by Crippen LogP contribution is -2.40. The average Bonchev–Trinajstić information content (AvgIpc) is 2.88. The Morgan fingerprint density at radius 1 is 0.943 bits per heavy atom. The molecule has 1 aliphatic carbocycles. The van der Waals surface area contributed by atoms with Crippen LogP contribution in [0.15, 0.2) is 72.8 Å². The van der Waals surface area contributed by atoms with Crippen molar-refractivity contribution in [3.05, 3.63) is 101 Å². The molecule has 184 valence electrons. The molecule has 1 atom stereocenters. The van der Waals surface area contributed by atoms with Gasteiger partial charge in [-0.15, -0.1) is 0 Å². The number of carbonyl (C=O) groups is 1. The number of amides is 1. The standard InChI is InChI=1S/C29H31F3N2O/c1-33-28(35)27(23-10-3-2-4-11-23)34(26-18-15-22-9-5-6-12-24(22)20-26)19-7-8-21-13-16-25(17-14-21)29(30,31)32/h2-4,10-11,13-18,20,27H,5-9,12,19H2,1H3,(H,33,35)/t27-/m0/s1. The fraction of sp³-hybridized carbons (Fsp3) is 0.345. The van der Waals surface area contributed by atoms with Gasteiger partial charge in [0.15, 0.2) is 0 Å². The molecule has 0 aromatic heterocycles. The number of rotatable bonds is 8. The van der Waals surface area contributed by atoms with E-state index in [1.807, 2.05) is 30.3 Å². The van der Waals surface area contributed by atoms with Crippen LogP contribution < -0.4 is 10.2 Å². The third-order valence-electron chi connectivity index (χ3n) is 6.73. The lowest BCUT2D eigenvalue weighted by molar-refractivity contribution is -0.137. The minimum Gasteiger partial charge on any atom is -0.357 e. The zero-order chi connectivity index (χ0) is 24.8. The minimum atomic E-state index is -4.34. The number of nitrogens with zero attached hydrogens (tertiary/aromatic N) is 1. The third-order valence-corrected chi connectivity index (χ3v) is 6.73. The van der Waals surface area contributed by atoms with Gasteiger partial charge in [-0.05, 0) is 85.0 Å². The molecule has 35 heavy (non-hydrogen) atoms. The van der Waals surface area contributed by atoms with E-state index in [4.69, 9.17) is 0 Å². The molecule has 0 aliphatic heterocycles. The number of halogens is 3. The molecule has 0 saturated carbocycles. The number of carbonyl (C=O) groups excluding carboxylic acids is 1. The number of benzene rings is 3. The summed E-state index contributed by atoms with van der Waals surface area (Å²) in [5.41, 5.74) is 4.82. The molecule has 3 aromatic rings. The maximum Gasteiger partial charge on any atom is 0.416 e. The molecule has 0 heterocycles. The van der Waals surface area contributed by atoms with Gasteiger partial charge < -0.3 is 10.2 Å². The van der Waals surface area contributed by atoms with Crippen LogP contribution in [-0.2, 0) is 30.2 Å². The van der Waals surface area contributed by atoms with E-state index in [1.165, 1.54) is 24.0 Å². The van der Waals surface area contributed by atoms with Gasteiger partial charge in [-0.3, -0.25) is 4.79 Å². The Hall–Kier alpha value is -3.28. The van der Waals surface area contributed by atoms with E-state index in [9.17, 15) is 18.0 Å². The first-order valence-electron chi connectivity index (χ1n) is 12.2. The molecule has 1 amide bonds. The van der Waals surface area contributed by atoms with Crippen molar-refractivity contribution in [1.82, 2.24) is 5.32 Å². The average molecular weight is 481 g/mol. The number of fused-ring (bicyclic) bond motifs is 1. The van der Waals surface area contributed by atoms with Gasteiger partial charge in [-0.25, -0.2) is 0 Å². The molecule has 4 rings (SSSR count). The summed E-state index contributed by atoms with van der Waals surface area (Å²) in [6.45, 7) is 0.590. The maximum absolute atomic E-state index is 13.1. The highest BCUT2D eigenvalue weighted by Crippen LogP contribution is 2.33. The van der Waals surface area contributed by atoms with E-state index < -0.39 is 17.8 Å². The van der Waals surface area contributed by atoms with E-state index in [1.54, 1.807) is 19.2 Å². The van der Waals surface area contributed by atoms with Crippen LogP contribution in [0.3, 0.4) is 0 Å². The Morgan fingerprint density at radius 3 is 2.29 bits per heavy atom. The van der Waals surface area contributed by atoms with Crippen molar-refractivity contribution in [2.75, 3.05) is 18.5 Å². The quantitative estimate of drug-likeness (QED) is 0.399. The number of anilines is 1. The molecule has 0 bridgehead atoms. The van der Waals surface area contributed by atoms with Gasteiger partial charge in [0.2, 0.25) is 5.91 Å². The summed E-state index contributed by atoms with van der Waals surface area (Å²) >= 11 is 0. The van der Waals surface area contributed by atoms with E-state index in [2.05, 4.69) is 28.4 Å². The normalized spacial score (nSPS) is 14.2. The lowest BCUT2D eigenvalue weighted by Gasteiger charge is -2.34. The lowest BCUT2D eigenvalue weighted by atomic mass is 9.91. The Labute approximate surface area is 205 Å². The Morgan fingerprint density at radius 2 is 1.63 bits per heavy atom. The van der Waals surface area contributed by atoms with Crippen LogP contribution in [0.1, 0.15) is 53.1 Å². The second-order valence-corrected chi connectivity index (χ2v) is 9.08. The molecule has 0 unspecified atom stereocenters. The van der Waals surface area contributed by atoms with Crippen LogP contribution >= 0.6 is 0 Å². The van der Waals surface area contributed by atoms with Crippen molar-refractivity contribution in [1.29, 1.82) is 0 Å². The molecule has 3 nitrogen and oxygen atoms in total. The summed E-state index contributed by atoms with van der Waals surface area (Å²) in [4.78, 5) is 15.3. The number of nitrogens with one attached hydrogen (secondary N) is 1. The minimum absolute atomic E-state index is 0.0940. The summed E-state index contributed by atoms with van der Waals surface area (Å²) in [6.07, 6.45) is 1.48. The van der Waals surface area contributed by atoms with Gasteiger partial charge in [0, 0.05) is 19.3 Å². The van der Waals surface area contributed by atoms with Crippen LogP contribution in [0.25, 0.3) is 0 Å². The van der Waals surface area contributed by atoms with Crippen molar-refractivity contribution in [3.63, 3.8) is 0 Å². The first-order chi connectivity index (χ1) is 16.9. The highest BCUT2D eigenvalue weighted by atomic mass is 19.4. The monoisotopic (exact) mass is 480 g/mol. The Bertz CT molecular complexity index is 1130. The number of aryl methyl sites for hydroxylation is 3. The fourth-order valence-corrected chi connectivity index (χ4v) is 4.86. The van der Waals surface area contributed by atoms with Crippen molar-refractivity contribution >= 4 is 11.6 Å². The molecule has 1 N–H and O–H groups in total. The van der Waals surface area contributed by atoms with E-state index in [0.29, 0.717) is 19.4 Å². The van der Waals surface area contributed by atoms with Crippen molar-refractivity contribution < 1.29 is 18.0 Å². The summed E-state index contributed by atoms with van der Waals surface area (Å²) in [5.74, 6) is -0.0940. The predicted molar refractivity (Wildman–Crippen MR) is 133 cm³/mol. The highest BCUT2D eigenvalue weighted by Gasteiger charge is 2.30. The topological polar surface area (TPSA) is 32.3 Å². The van der Waals surface area contributed by atoms with E-state index in [-0.39, 0.29) is 5.91 Å². The van der Waals surface area contributed by atoms with Gasteiger partial charge in [-0.1, -0.05) is 48.5 Å². The highest BCUT2D eigenvalue weighted by molar-refractivity contribution is 5.86. The van der Waals surface area contributed by atoms with Crippen molar-refractivity contribution in [3.8, 4) is 0 Å². The molecule has 0 spiro atoms. The van der Waals surface area contributed by atoms with Crippen molar-refractivity contribution in [2.45, 2.75) is 50.7 Å². The second-order valence-electron chi connectivity index (χ2n) is 9.08. The van der Waals surface area contributed by atoms with Crippen LogP contribution in [0.4, 0.5) is 18.9 Å². The van der Waals surface area contributed by atoms with E-state index in [0.717, 1.165) is 41.8 Å². The Balaban J connectivity index is 1.60. The van der Waals surface area contributed by atoms with Gasteiger partial charge in [0.05, 0.1) is 5.56 Å². The van der Waals surface area contributed by atoms with Crippen LogP contribution in [0.5, 0.6) is 0 Å². The largest absolute Gasteiger partial charge is 0.416 e. The molecule has 6 heteroatoms. The molecule has 0 saturated heterocycles. The van der Waals surface area contributed by atoms with Gasteiger partial charge in [0.1, 0.15) is 6.04 Å². The van der Waals surface area contributed by atoms with Crippen molar-refractivity contribution in [2.24, 2.45) is 0 Å². The number of alkyl halides is 3. The van der Waals surface area contributed by atoms with Gasteiger partial charge >= 0.3 is 6.18 Å². The summed E-state index contributed by atoms with van der Waals surface area (Å²) in [5, 5.41) is 2.82. The molecule has 0 fully saturated rings. The van der Waals surface area contributed by atoms with Gasteiger partial charge in [-0.2, -0.15) is 13.2 Å². The van der Waals surface area contributed by atoms with Crippen LogP contribution in [-0.4, -0.2) is 19.5 Å². The summed E-state index contributed by atoms with van der Waals surface area (Å²) in [6, 6.07) is 21.0. The third kappa shape index (κ3) is 6.05. The first kappa shape index (κ1) is 24.8. The van der Waals surface area contributed by atoms with Crippen LogP contribution in [0.2, 0.25) is 0 Å². The zero-order valence-electron chi connectivity index (χ0n) is 19.9. The molecular weight excluding hydrogens is 449 g/mol.